The molecule has 1 aromatic rings. The van der Waals surface area contributed by atoms with E-state index in [0.29, 0.717) is 12.1 Å². The molecule has 1 heterocycles. The lowest BCUT2D eigenvalue weighted by Crippen LogP contribution is -2.52. The fourth-order valence-electron chi connectivity index (χ4n) is 2.26. The summed E-state index contributed by atoms with van der Waals surface area (Å²) >= 11 is 0. The molecule has 2 amide bonds. The van der Waals surface area contributed by atoms with E-state index in [4.69, 9.17) is 0 Å². The van der Waals surface area contributed by atoms with Gasteiger partial charge in [-0.3, -0.25) is 14.5 Å². The maximum atomic E-state index is 11.8. The number of nitrogens with zero attached hydrogens (tertiary/aromatic N) is 2. The van der Waals surface area contributed by atoms with Crippen molar-refractivity contribution in [3.8, 4) is 0 Å². The maximum Gasteiger partial charge on any atom is 0.248 e. The first-order valence-corrected chi connectivity index (χ1v) is 6.50. The van der Waals surface area contributed by atoms with Crippen molar-refractivity contribution >= 4 is 17.5 Å². The third kappa shape index (κ3) is 2.81. The second-order valence-corrected chi connectivity index (χ2v) is 4.83. The van der Waals surface area contributed by atoms with E-state index in [-0.39, 0.29) is 24.9 Å². The molecule has 1 aromatic carbocycles. The maximum absolute atomic E-state index is 11.8. The van der Waals surface area contributed by atoms with Crippen LogP contribution in [-0.2, 0) is 9.59 Å². The highest BCUT2D eigenvalue weighted by molar-refractivity contribution is 6.02. The van der Waals surface area contributed by atoms with Crippen molar-refractivity contribution in [1.29, 1.82) is 0 Å². The molecule has 0 bridgehead atoms. The van der Waals surface area contributed by atoms with E-state index in [1.807, 2.05) is 24.3 Å². The van der Waals surface area contributed by atoms with Crippen molar-refractivity contribution in [3.05, 3.63) is 29.8 Å². The summed E-state index contributed by atoms with van der Waals surface area (Å²) in [5.74, 6) is -0.474. The standard InChI is InChI=1S/C14H19N3O3/c1-15-7-12(18)10-5-3-4-6-11(10)17-8-13(19)16(2)14(20)9-17/h3-6,12,15,18H,7-9H2,1-2H3. The Morgan fingerprint density at radius 1 is 1.25 bits per heavy atom. The average Bonchev–Trinajstić information content (AvgIpc) is 2.44. The van der Waals surface area contributed by atoms with Gasteiger partial charge in [-0.05, 0) is 13.1 Å². The van der Waals surface area contributed by atoms with Gasteiger partial charge in [-0.25, -0.2) is 0 Å². The summed E-state index contributed by atoms with van der Waals surface area (Å²) in [7, 11) is 3.25. The number of imide groups is 1. The molecule has 0 radical (unpaired) electrons. The topological polar surface area (TPSA) is 72.9 Å². The highest BCUT2D eigenvalue weighted by Gasteiger charge is 2.29. The number of hydrogen-bond acceptors (Lipinski definition) is 5. The van der Waals surface area contributed by atoms with E-state index < -0.39 is 6.10 Å². The highest BCUT2D eigenvalue weighted by Crippen LogP contribution is 2.27. The molecule has 2 N–H and O–H groups in total. The molecule has 108 valence electrons. The summed E-state index contributed by atoms with van der Waals surface area (Å²) in [5, 5.41) is 13.1. The number of benzene rings is 1. The lowest BCUT2D eigenvalue weighted by molar-refractivity contribution is -0.143. The van der Waals surface area contributed by atoms with Gasteiger partial charge < -0.3 is 15.3 Å². The molecule has 6 heteroatoms. The van der Waals surface area contributed by atoms with E-state index in [0.717, 1.165) is 10.6 Å². The van der Waals surface area contributed by atoms with Gasteiger partial charge in [0.05, 0.1) is 19.2 Å². The lowest BCUT2D eigenvalue weighted by Gasteiger charge is -2.33. The van der Waals surface area contributed by atoms with Gasteiger partial charge in [0.25, 0.3) is 0 Å². The monoisotopic (exact) mass is 277 g/mol. The molecular weight excluding hydrogens is 258 g/mol. The number of aliphatic hydroxyl groups excluding tert-OH is 1. The summed E-state index contributed by atoms with van der Waals surface area (Å²) in [6.45, 7) is 0.698. The number of carbonyl (C=O) groups is 2. The molecule has 1 aliphatic heterocycles. The molecule has 1 atom stereocenters. The van der Waals surface area contributed by atoms with Crippen LogP contribution in [0.5, 0.6) is 0 Å². The van der Waals surface area contributed by atoms with Crippen molar-refractivity contribution in [2.24, 2.45) is 0 Å². The van der Waals surface area contributed by atoms with Crippen LogP contribution in [0.15, 0.2) is 24.3 Å². The molecule has 1 saturated heterocycles. The van der Waals surface area contributed by atoms with Crippen LogP contribution in [0.4, 0.5) is 5.69 Å². The van der Waals surface area contributed by atoms with Crippen LogP contribution < -0.4 is 10.2 Å². The fourth-order valence-corrected chi connectivity index (χ4v) is 2.26. The van der Waals surface area contributed by atoms with Gasteiger partial charge in [0.1, 0.15) is 0 Å². The minimum absolute atomic E-state index is 0.144. The van der Waals surface area contributed by atoms with E-state index >= 15 is 0 Å². The first kappa shape index (κ1) is 14.5. The van der Waals surface area contributed by atoms with Crippen LogP contribution in [0.2, 0.25) is 0 Å². The quantitative estimate of drug-likeness (QED) is 0.742. The minimum atomic E-state index is -0.680. The molecule has 0 saturated carbocycles. The average molecular weight is 277 g/mol. The Kier molecular flexibility index (Phi) is 4.36. The van der Waals surface area contributed by atoms with Crippen molar-refractivity contribution in [3.63, 3.8) is 0 Å². The Morgan fingerprint density at radius 2 is 1.85 bits per heavy atom. The second-order valence-electron chi connectivity index (χ2n) is 4.83. The second kappa shape index (κ2) is 6.02. The summed E-state index contributed by atoms with van der Waals surface area (Å²) < 4.78 is 0. The molecule has 0 aliphatic carbocycles. The summed E-state index contributed by atoms with van der Waals surface area (Å²) in [4.78, 5) is 26.4. The van der Waals surface area contributed by atoms with Gasteiger partial charge in [0, 0.05) is 24.8 Å². The predicted octanol–water partition coefficient (Wildman–Crippen LogP) is -0.256. The SMILES string of the molecule is CNCC(O)c1ccccc1N1CC(=O)N(C)C(=O)C1. The normalized spacial score (nSPS) is 17.6. The summed E-state index contributed by atoms with van der Waals surface area (Å²) in [6.07, 6.45) is -0.680. The number of anilines is 1. The molecule has 1 unspecified atom stereocenters. The molecule has 1 aliphatic rings. The van der Waals surface area contributed by atoms with Crippen LogP contribution in [0.25, 0.3) is 0 Å². The Morgan fingerprint density at radius 3 is 2.45 bits per heavy atom. The van der Waals surface area contributed by atoms with Gasteiger partial charge in [0.15, 0.2) is 0 Å². The molecule has 2 rings (SSSR count). The number of amides is 2. The van der Waals surface area contributed by atoms with Gasteiger partial charge >= 0.3 is 0 Å². The van der Waals surface area contributed by atoms with Gasteiger partial charge in [-0.2, -0.15) is 0 Å². The predicted molar refractivity (Wildman–Crippen MR) is 75.3 cm³/mol. The van der Waals surface area contributed by atoms with Crippen molar-refractivity contribution < 1.29 is 14.7 Å². The third-order valence-electron chi connectivity index (χ3n) is 3.43. The summed E-state index contributed by atoms with van der Waals surface area (Å²) in [5.41, 5.74) is 1.44. The number of aliphatic hydroxyl groups is 1. The van der Waals surface area contributed by atoms with E-state index in [9.17, 15) is 14.7 Å². The first-order valence-electron chi connectivity index (χ1n) is 6.50. The van der Waals surface area contributed by atoms with E-state index in [2.05, 4.69) is 5.32 Å². The number of likely N-dealkylation sites (N-methyl/N-ethyl adjacent to an activating group) is 2. The zero-order valence-electron chi connectivity index (χ0n) is 11.7. The largest absolute Gasteiger partial charge is 0.387 e. The highest BCUT2D eigenvalue weighted by atomic mass is 16.3. The smallest absolute Gasteiger partial charge is 0.248 e. The van der Waals surface area contributed by atoms with E-state index in [1.54, 1.807) is 11.9 Å². The Hall–Kier alpha value is -1.92. The zero-order chi connectivity index (χ0) is 14.7. The molecule has 6 nitrogen and oxygen atoms in total. The Labute approximate surface area is 118 Å². The van der Waals surface area contributed by atoms with Crippen molar-refractivity contribution in [1.82, 2.24) is 10.2 Å². The number of rotatable bonds is 4. The van der Waals surface area contributed by atoms with Crippen LogP contribution >= 0.6 is 0 Å². The van der Waals surface area contributed by atoms with Crippen molar-refractivity contribution in [2.75, 3.05) is 38.6 Å². The van der Waals surface area contributed by atoms with Crippen LogP contribution in [0, 0.1) is 0 Å². The van der Waals surface area contributed by atoms with Crippen LogP contribution in [-0.4, -0.2) is 55.6 Å². The van der Waals surface area contributed by atoms with E-state index in [1.165, 1.54) is 7.05 Å². The number of para-hydroxylation sites is 1. The van der Waals surface area contributed by atoms with Gasteiger partial charge in [-0.15, -0.1) is 0 Å². The van der Waals surface area contributed by atoms with Crippen LogP contribution in [0.3, 0.4) is 0 Å². The number of carbonyl (C=O) groups excluding carboxylic acids is 2. The Balaban J connectivity index is 2.29. The number of hydrogen-bond donors (Lipinski definition) is 2. The first-order chi connectivity index (χ1) is 9.54. The van der Waals surface area contributed by atoms with Gasteiger partial charge in [-0.1, -0.05) is 18.2 Å². The zero-order valence-corrected chi connectivity index (χ0v) is 11.7. The molecule has 0 aromatic heterocycles. The van der Waals surface area contributed by atoms with Crippen molar-refractivity contribution in [2.45, 2.75) is 6.10 Å². The molecule has 0 spiro atoms. The lowest BCUT2D eigenvalue weighted by atomic mass is 10.1. The minimum Gasteiger partial charge on any atom is -0.387 e. The third-order valence-corrected chi connectivity index (χ3v) is 3.43. The number of nitrogens with one attached hydrogen (secondary N) is 1. The molecule has 20 heavy (non-hydrogen) atoms. The fraction of sp³-hybridized carbons (Fsp3) is 0.429. The Bertz CT molecular complexity index is 500. The molecule has 1 fully saturated rings. The molecular formula is C14H19N3O3. The summed E-state index contributed by atoms with van der Waals surface area (Å²) in [6, 6.07) is 7.29. The number of piperazine rings is 1. The van der Waals surface area contributed by atoms with Gasteiger partial charge in [0.2, 0.25) is 11.8 Å². The van der Waals surface area contributed by atoms with Crippen LogP contribution in [0.1, 0.15) is 11.7 Å².